The van der Waals surface area contributed by atoms with Gasteiger partial charge in [0.1, 0.15) is 12.4 Å². The van der Waals surface area contributed by atoms with Gasteiger partial charge in [0.25, 0.3) is 0 Å². The lowest BCUT2D eigenvalue weighted by molar-refractivity contribution is 0.145. The third-order valence-electron chi connectivity index (χ3n) is 5.04. The van der Waals surface area contributed by atoms with Crippen molar-refractivity contribution in [2.45, 2.75) is 26.3 Å². The molecule has 2 N–H and O–H groups in total. The summed E-state index contributed by atoms with van der Waals surface area (Å²) in [5, 5.41) is 6.69. The molecule has 1 aromatic carbocycles. The van der Waals surface area contributed by atoms with E-state index in [-0.39, 0.29) is 0 Å². The molecule has 0 saturated carbocycles. The van der Waals surface area contributed by atoms with Crippen LogP contribution in [0.3, 0.4) is 0 Å². The molecule has 0 unspecified atom stereocenters. The van der Waals surface area contributed by atoms with Gasteiger partial charge < -0.3 is 20.1 Å². The SMILES string of the molecule is CN=C(NCc1ccc(C)cc1OCCOC)NCC1CCN(S(C)(=O)=O)CC1. The fraction of sp³-hybridized carbons (Fsp3) is 0.650. The predicted octanol–water partition coefficient (Wildman–Crippen LogP) is 1.36. The molecule has 9 heteroatoms. The maximum Gasteiger partial charge on any atom is 0.211 e. The summed E-state index contributed by atoms with van der Waals surface area (Å²) in [5.41, 5.74) is 2.19. The largest absolute Gasteiger partial charge is 0.491 e. The van der Waals surface area contributed by atoms with Gasteiger partial charge >= 0.3 is 0 Å². The number of hydrogen-bond acceptors (Lipinski definition) is 5. The van der Waals surface area contributed by atoms with Gasteiger partial charge in [-0.3, -0.25) is 4.99 Å². The second-order valence-corrected chi connectivity index (χ2v) is 9.35. The van der Waals surface area contributed by atoms with Gasteiger partial charge in [-0.25, -0.2) is 12.7 Å². The molecular formula is C20H34N4O4S. The monoisotopic (exact) mass is 426 g/mol. The first kappa shape index (κ1) is 23.4. The summed E-state index contributed by atoms with van der Waals surface area (Å²) in [5.74, 6) is 2.00. The molecule has 1 heterocycles. The van der Waals surface area contributed by atoms with Crippen LogP contribution in [0.2, 0.25) is 0 Å². The van der Waals surface area contributed by atoms with E-state index >= 15 is 0 Å². The quantitative estimate of drug-likeness (QED) is 0.352. The Morgan fingerprint density at radius 3 is 2.59 bits per heavy atom. The lowest BCUT2D eigenvalue weighted by Crippen LogP contribution is -2.43. The Morgan fingerprint density at radius 1 is 1.24 bits per heavy atom. The number of aryl methyl sites for hydroxylation is 1. The van der Waals surface area contributed by atoms with Crippen LogP contribution in [0.4, 0.5) is 0 Å². The van der Waals surface area contributed by atoms with Crippen LogP contribution in [-0.4, -0.2) is 71.9 Å². The number of nitrogens with one attached hydrogen (secondary N) is 2. The van der Waals surface area contributed by atoms with Crippen LogP contribution in [0.25, 0.3) is 0 Å². The summed E-state index contributed by atoms with van der Waals surface area (Å²) in [6.45, 7) is 5.62. The summed E-state index contributed by atoms with van der Waals surface area (Å²) < 4.78 is 35.7. The zero-order valence-corrected chi connectivity index (χ0v) is 18.7. The van der Waals surface area contributed by atoms with Crippen molar-refractivity contribution >= 4 is 16.0 Å². The van der Waals surface area contributed by atoms with E-state index in [9.17, 15) is 8.42 Å². The molecular weight excluding hydrogens is 392 g/mol. The van der Waals surface area contributed by atoms with Crippen molar-refractivity contribution in [1.29, 1.82) is 0 Å². The zero-order valence-electron chi connectivity index (χ0n) is 17.9. The van der Waals surface area contributed by atoms with Crippen molar-refractivity contribution in [2.75, 3.05) is 53.3 Å². The van der Waals surface area contributed by atoms with Gasteiger partial charge in [-0.1, -0.05) is 12.1 Å². The van der Waals surface area contributed by atoms with Gasteiger partial charge in [-0.2, -0.15) is 0 Å². The molecule has 2 rings (SSSR count). The fourth-order valence-corrected chi connectivity index (χ4v) is 4.14. The number of benzene rings is 1. The molecule has 0 spiro atoms. The van der Waals surface area contributed by atoms with E-state index in [1.165, 1.54) is 6.26 Å². The first-order valence-corrected chi connectivity index (χ1v) is 11.8. The summed E-state index contributed by atoms with van der Waals surface area (Å²) in [4.78, 5) is 4.29. The number of ether oxygens (including phenoxy) is 2. The lowest BCUT2D eigenvalue weighted by Gasteiger charge is -2.30. The Balaban J connectivity index is 1.82. The summed E-state index contributed by atoms with van der Waals surface area (Å²) in [7, 11) is 0.315. The Labute approximate surface area is 174 Å². The van der Waals surface area contributed by atoms with Crippen molar-refractivity contribution in [3.63, 3.8) is 0 Å². The molecule has 0 bridgehead atoms. The minimum absolute atomic E-state index is 0.430. The highest BCUT2D eigenvalue weighted by Gasteiger charge is 2.24. The Hall–Kier alpha value is -1.84. The highest BCUT2D eigenvalue weighted by Crippen LogP contribution is 2.21. The van der Waals surface area contributed by atoms with Crippen molar-refractivity contribution in [2.24, 2.45) is 10.9 Å². The van der Waals surface area contributed by atoms with Crippen LogP contribution >= 0.6 is 0 Å². The minimum Gasteiger partial charge on any atom is -0.491 e. The third-order valence-corrected chi connectivity index (χ3v) is 6.34. The van der Waals surface area contributed by atoms with E-state index in [1.807, 2.05) is 13.0 Å². The zero-order chi connectivity index (χ0) is 21.3. The Kier molecular flexibility index (Phi) is 9.19. The van der Waals surface area contributed by atoms with Gasteiger partial charge in [0.2, 0.25) is 10.0 Å². The van der Waals surface area contributed by atoms with Crippen LogP contribution in [0, 0.1) is 12.8 Å². The molecule has 0 aromatic heterocycles. The highest BCUT2D eigenvalue weighted by molar-refractivity contribution is 7.88. The van der Waals surface area contributed by atoms with Gasteiger partial charge in [0.05, 0.1) is 12.9 Å². The van der Waals surface area contributed by atoms with Gasteiger partial charge in [0.15, 0.2) is 5.96 Å². The second-order valence-electron chi connectivity index (χ2n) is 7.36. The average molecular weight is 427 g/mol. The van der Waals surface area contributed by atoms with E-state index in [0.717, 1.165) is 42.2 Å². The number of aliphatic imine (C=N–C) groups is 1. The molecule has 0 atom stereocenters. The number of guanidine groups is 1. The standard InChI is InChI=1S/C20H34N4O4S/c1-16-5-6-18(19(13-16)28-12-11-27-3)15-23-20(21-2)22-14-17-7-9-24(10-8-17)29(4,25)26/h5-6,13,17H,7-12,14-15H2,1-4H3,(H2,21,22,23). The number of nitrogens with zero attached hydrogens (tertiary/aromatic N) is 2. The molecule has 164 valence electrons. The second kappa shape index (κ2) is 11.4. The predicted molar refractivity (Wildman–Crippen MR) is 116 cm³/mol. The molecule has 0 amide bonds. The molecule has 1 saturated heterocycles. The smallest absolute Gasteiger partial charge is 0.211 e. The van der Waals surface area contributed by atoms with Gasteiger partial charge in [-0.05, 0) is 37.3 Å². The minimum atomic E-state index is -3.08. The lowest BCUT2D eigenvalue weighted by atomic mass is 9.98. The summed E-state index contributed by atoms with van der Waals surface area (Å²) in [6, 6.07) is 6.14. The van der Waals surface area contributed by atoms with Crippen LogP contribution < -0.4 is 15.4 Å². The first-order chi connectivity index (χ1) is 13.8. The van der Waals surface area contributed by atoms with Crippen LogP contribution in [0.5, 0.6) is 5.75 Å². The van der Waals surface area contributed by atoms with Crippen molar-refractivity contribution in [3.8, 4) is 5.75 Å². The topological polar surface area (TPSA) is 92.3 Å². The number of piperidine rings is 1. The van der Waals surface area contributed by atoms with Crippen LogP contribution in [-0.2, 0) is 21.3 Å². The van der Waals surface area contributed by atoms with Gasteiger partial charge in [0, 0.05) is 45.9 Å². The molecule has 1 aliphatic heterocycles. The first-order valence-electron chi connectivity index (χ1n) is 9.94. The molecule has 1 aliphatic rings. The average Bonchev–Trinajstić information content (AvgIpc) is 2.69. The molecule has 8 nitrogen and oxygen atoms in total. The fourth-order valence-electron chi connectivity index (χ4n) is 3.26. The number of sulfonamides is 1. The summed E-state index contributed by atoms with van der Waals surface area (Å²) >= 11 is 0. The molecule has 0 radical (unpaired) electrons. The van der Waals surface area contributed by atoms with Crippen molar-refractivity contribution in [1.82, 2.24) is 14.9 Å². The maximum atomic E-state index is 11.6. The van der Waals surface area contributed by atoms with Crippen molar-refractivity contribution in [3.05, 3.63) is 29.3 Å². The van der Waals surface area contributed by atoms with E-state index in [1.54, 1.807) is 18.5 Å². The van der Waals surface area contributed by atoms with E-state index in [2.05, 4.69) is 27.8 Å². The normalized spacial score (nSPS) is 16.6. The molecule has 1 fully saturated rings. The van der Waals surface area contributed by atoms with Crippen LogP contribution in [0.15, 0.2) is 23.2 Å². The molecule has 1 aromatic rings. The number of methoxy groups -OCH3 is 1. The van der Waals surface area contributed by atoms with E-state index < -0.39 is 10.0 Å². The third kappa shape index (κ3) is 7.83. The van der Waals surface area contributed by atoms with Gasteiger partial charge in [-0.15, -0.1) is 0 Å². The van der Waals surface area contributed by atoms with Crippen LogP contribution in [0.1, 0.15) is 24.0 Å². The number of hydrogen-bond donors (Lipinski definition) is 2. The van der Waals surface area contributed by atoms with Crippen molar-refractivity contribution < 1.29 is 17.9 Å². The molecule has 29 heavy (non-hydrogen) atoms. The van der Waals surface area contributed by atoms with E-state index in [4.69, 9.17) is 9.47 Å². The Bertz CT molecular complexity index is 775. The maximum absolute atomic E-state index is 11.6. The Morgan fingerprint density at radius 2 is 1.97 bits per heavy atom. The summed E-state index contributed by atoms with van der Waals surface area (Å²) in [6.07, 6.45) is 2.98. The molecule has 0 aliphatic carbocycles. The van der Waals surface area contributed by atoms with E-state index in [0.29, 0.717) is 38.8 Å². The highest BCUT2D eigenvalue weighted by atomic mass is 32.2. The number of rotatable bonds is 9.